The summed E-state index contributed by atoms with van der Waals surface area (Å²) in [7, 11) is -3.76. The van der Waals surface area contributed by atoms with Gasteiger partial charge in [0.25, 0.3) is 0 Å². The monoisotopic (exact) mass is 356 g/mol. The molecule has 124 valence electrons. The summed E-state index contributed by atoms with van der Waals surface area (Å²) < 4.78 is 22.4. The zero-order chi connectivity index (χ0) is 17.4. The van der Waals surface area contributed by atoms with Crippen LogP contribution >= 0.6 is 11.3 Å². The van der Waals surface area contributed by atoms with Gasteiger partial charge in [-0.3, -0.25) is 4.79 Å². The standard InChI is InChI=1S/C13H16N4O4S2/c1-13(2,19)10(18)9-11(14)17-12(22-9)16-7-3-5-8(6-4-7)23(15,20)21/h3-6,19H,14H2,1-2H3,(H,16,17)(H2,15,20,21). The summed E-state index contributed by atoms with van der Waals surface area (Å²) in [5, 5.41) is 18.0. The van der Waals surface area contributed by atoms with Crippen molar-refractivity contribution in [1.29, 1.82) is 0 Å². The number of thiazole rings is 1. The van der Waals surface area contributed by atoms with E-state index in [9.17, 15) is 18.3 Å². The molecular weight excluding hydrogens is 340 g/mol. The number of aliphatic hydroxyl groups is 1. The molecule has 6 N–H and O–H groups in total. The van der Waals surface area contributed by atoms with Gasteiger partial charge in [-0.1, -0.05) is 11.3 Å². The number of primary sulfonamides is 1. The maximum absolute atomic E-state index is 12.0. The second-order valence-electron chi connectivity index (χ2n) is 5.32. The van der Waals surface area contributed by atoms with Gasteiger partial charge in [-0.2, -0.15) is 0 Å². The Hall–Kier alpha value is -2.01. The molecule has 1 heterocycles. The van der Waals surface area contributed by atoms with E-state index in [1.165, 1.54) is 38.1 Å². The Bertz CT molecular complexity index is 836. The number of rotatable bonds is 5. The third kappa shape index (κ3) is 4.05. The summed E-state index contributed by atoms with van der Waals surface area (Å²) in [6, 6.07) is 5.71. The number of nitrogens with zero attached hydrogens (tertiary/aromatic N) is 1. The van der Waals surface area contributed by atoms with Gasteiger partial charge in [0, 0.05) is 5.69 Å². The molecule has 0 radical (unpaired) electrons. The van der Waals surface area contributed by atoms with E-state index < -0.39 is 21.4 Å². The van der Waals surface area contributed by atoms with Crippen molar-refractivity contribution in [1.82, 2.24) is 4.98 Å². The Balaban J connectivity index is 2.23. The van der Waals surface area contributed by atoms with Crippen LogP contribution in [0.3, 0.4) is 0 Å². The minimum absolute atomic E-state index is 0.0143. The van der Waals surface area contributed by atoms with Gasteiger partial charge < -0.3 is 16.2 Å². The number of carbonyl (C=O) groups is 1. The first kappa shape index (κ1) is 17.3. The molecule has 0 amide bonds. The van der Waals surface area contributed by atoms with Crippen molar-refractivity contribution in [3.8, 4) is 0 Å². The van der Waals surface area contributed by atoms with Crippen LogP contribution in [0.25, 0.3) is 0 Å². The van der Waals surface area contributed by atoms with Crippen molar-refractivity contribution in [3.05, 3.63) is 29.1 Å². The van der Waals surface area contributed by atoms with E-state index >= 15 is 0 Å². The summed E-state index contributed by atoms with van der Waals surface area (Å²) in [5.74, 6) is -0.504. The van der Waals surface area contributed by atoms with Gasteiger partial charge in [0.2, 0.25) is 15.8 Å². The van der Waals surface area contributed by atoms with Crippen molar-refractivity contribution < 1.29 is 18.3 Å². The third-order valence-corrected chi connectivity index (χ3v) is 4.76. The van der Waals surface area contributed by atoms with Crippen LogP contribution in [0.1, 0.15) is 23.5 Å². The molecule has 0 atom stereocenters. The van der Waals surface area contributed by atoms with Crippen LogP contribution in [0.15, 0.2) is 29.2 Å². The summed E-state index contributed by atoms with van der Waals surface area (Å²) in [6.45, 7) is 2.74. The number of aromatic nitrogens is 1. The van der Waals surface area contributed by atoms with Gasteiger partial charge >= 0.3 is 0 Å². The number of nitrogens with one attached hydrogen (secondary N) is 1. The minimum Gasteiger partial charge on any atom is -0.382 e. The topological polar surface area (TPSA) is 148 Å². The highest BCUT2D eigenvalue weighted by molar-refractivity contribution is 7.89. The van der Waals surface area contributed by atoms with E-state index in [2.05, 4.69) is 10.3 Å². The van der Waals surface area contributed by atoms with Gasteiger partial charge in [-0.05, 0) is 38.1 Å². The fourth-order valence-corrected chi connectivity index (χ4v) is 3.19. The quantitative estimate of drug-likeness (QED) is 0.585. The molecule has 0 aliphatic heterocycles. The normalized spacial score (nSPS) is 12.2. The van der Waals surface area contributed by atoms with Crippen molar-refractivity contribution in [3.63, 3.8) is 0 Å². The van der Waals surface area contributed by atoms with Gasteiger partial charge in [0.15, 0.2) is 5.13 Å². The van der Waals surface area contributed by atoms with Gasteiger partial charge in [-0.15, -0.1) is 0 Å². The van der Waals surface area contributed by atoms with Crippen LogP contribution in [0.5, 0.6) is 0 Å². The number of Topliss-reactive ketones (excluding diaryl/α,β-unsaturated/α-hetero) is 1. The number of sulfonamides is 1. The first-order valence-corrected chi connectivity index (χ1v) is 8.78. The maximum atomic E-state index is 12.0. The fourth-order valence-electron chi connectivity index (χ4n) is 1.68. The summed E-state index contributed by atoms with van der Waals surface area (Å²) in [6.07, 6.45) is 0. The molecule has 0 saturated carbocycles. The largest absolute Gasteiger partial charge is 0.382 e. The van der Waals surface area contributed by atoms with Crippen molar-refractivity contribution in [2.45, 2.75) is 24.3 Å². The molecule has 0 fully saturated rings. The lowest BCUT2D eigenvalue weighted by atomic mass is 10.0. The highest BCUT2D eigenvalue weighted by Gasteiger charge is 2.29. The van der Waals surface area contributed by atoms with Crippen LogP contribution in [-0.2, 0) is 10.0 Å². The third-order valence-electron chi connectivity index (χ3n) is 2.85. The molecule has 23 heavy (non-hydrogen) atoms. The van der Waals surface area contributed by atoms with E-state index in [-0.39, 0.29) is 15.6 Å². The first-order valence-electron chi connectivity index (χ1n) is 6.42. The number of nitrogens with two attached hydrogens (primary N) is 2. The predicted molar refractivity (Wildman–Crippen MR) is 88.3 cm³/mol. The molecule has 0 bridgehead atoms. The van der Waals surface area contributed by atoms with Crippen LogP contribution in [0, 0.1) is 0 Å². The van der Waals surface area contributed by atoms with E-state index in [1.54, 1.807) is 0 Å². The second-order valence-corrected chi connectivity index (χ2v) is 7.88. The van der Waals surface area contributed by atoms with Crippen molar-refractivity contribution in [2.75, 3.05) is 11.1 Å². The molecule has 0 saturated heterocycles. The van der Waals surface area contributed by atoms with Gasteiger partial charge in [0.1, 0.15) is 16.3 Å². The lowest BCUT2D eigenvalue weighted by molar-refractivity contribution is 0.0493. The van der Waals surface area contributed by atoms with E-state index in [4.69, 9.17) is 10.9 Å². The Morgan fingerprint density at radius 3 is 2.35 bits per heavy atom. The Kier molecular flexibility index (Phi) is 4.44. The number of nitrogen functional groups attached to an aromatic ring is 1. The maximum Gasteiger partial charge on any atom is 0.238 e. The Morgan fingerprint density at radius 1 is 1.30 bits per heavy atom. The van der Waals surface area contributed by atoms with Gasteiger partial charge in [-0.25, -0.2) is 18.5 Å². The molecule has 8 nitrogen and oxygen atoms in total. The van der Waals surface area contributed by atoms with Gasteiger partial charge in [0.05, 0.1) is 4.90 Å². The molecule has 0 aliphatic carbocycles. The van der Waals surface area contributed by atoms with Crippen LogP contribution in [0.4, 0.5) is 16.6 Å². The van der Waals surface area contributed by atoms with Crippen LogP contribution < -0.4 is 16.2 Å². The molecular formula is C13H16N4O4S2. The lowest BCUT2D eigenvalue weighted by Gasteiger charge is -2.13. The number of hydrogen-bond donors (Lipinski definition) is 4. The highest BCUT2D eigenvalue weighted by Crippen LogP contribution is 2.30. The highest BCUT2D eigenvalue weighted by atomic mass is 32.2. The zero-order valence-electron chi connectivity index (χ0n) is 12.4. The smallest absolute Gasteiger partial charge is 0.238 e. The van der Waals surface area contributed by atoms with E-state index in [1.807, 2.05) is 0 Å². The van der Waals surface area contributed by atoms with Crippen molar-refractivity contribution >= 4 is 43.8 Å². The molecule has 0 aliphatic rings. The molecule has 1 aromatic heterocycles. The number of hydrogen-bond acceptors (Lipinski definition) is 8. The molecule has 0 spiro atoms. The molecule has 2 aromatic rings. The lowest BCUT2D eigenvalue weighted by Crippen LogP contribution is -2.30. The first-order chi connectivity index (χ1) is 10.5. The number of carbonyl (C=O) groups excluding carboxylic acids is 1. The minimum atomic E-state index is -3.76. The molecule has 0 unspecified atom stereocenters. The average Bonchev–Trinajstić information content (AvgIpc) is 2.77. The van der Waals surface area contributed by atoms with Crippen LogP contribution in [-0.4, -0.2) is 29.9 Å². The average molecular weight is 356 g/mol. The summed E-state index contributed by atoms with van der Waals surface area (Å²) in [5.41, 5.74) is 4.71. The number of ketones is 1. The number of benzene rings is 1. The Labute approximate surface area is 137 Å². The fraction of sp³-hybridized carbons (Fsp3) is 0.231. The second kappa shape index (κ2) is 5.89. The zero-order valence-corrected chi connectivity index (χ0v) is 14.0. The predicted octanol–water partition coefficient (Wildman–Crippen LogP) is 1.07. The van der Waals surface area contributed by atoms with E-state index in [0.717, 1.165) is 11.3 Å². The Morgan fingerprint density at radius 2 is 1.87 bits per heavy atom. The summed E-state index contributed by atoms with van der Waals surface area (Å²) >= 11 is 0.999. The summed E-state index contributed by atoms with van der Waals surface area (Å²) in [4.78, 5) is 16.2. The number of anilines is 3. The SMILES string of the molecule is CC(C)(O)C(=O)c1sc(Nc2ccc(S(N)(=O)=O)cc2)nc1N. The van der Waals surface area contributed by atoms with E-state index in [0.29, 0.717) is 10.8 Å². The molecule has 10 heteroatoms. The van der Waals surface area contributed by atoms with Crippen molar-refractivity contribution in [2.24, 2.45) is 5.14 Å². The molecule has 1 aromatic carbocycles. The van der Waals surface area contributed by atoms with Crippen LogP contribution in [0.2, 0.25) is 0 Å². The molecule has 2 rings (SSSR count).